The molecule has 0 aliphatic rings. The number of rotatable bonds is 0. The molecule has 3 nitrogen and oxygen atoms in total. The summed E-state index contributed by atoms with van der Waals surface area (Å²) in [5.74, 6) is 0. The normalized spacial score (nSPS) is 2.40. The van der Waals surface area contributed by atoms with Gasteiger partial charge in [0.2, 0.25) is 0 Å². The molecular weight excluding hydrogens is 132 g/mol. The summed E-state index contributed by atoms with van der Waals surface area (Å²) in [5, 5.41) is 7.89. The molecular formula is HAlCoNO2. The van der Waals surface area contributed by atoms with E-state index in [4.69, 9.17) is 10.1 Å². The van der Waals surface area contributed by atoms with E-state index in [1.807, 2.05) is 0 Å². The van der Waals surface area contributed by atoms with Crippen LogP contribution in [0.4, 0.5) is 0 Å². The number of nitrogens with zero attached hydrogens (tertiary/aromatic N) is 1. The number of hydrogen-bond acceptors (Lipinski definition) is 2. The van der Waals surface area contributed by atoms with Gasteiger partial charge in [0.1, 0.15) is 0 Å². The first-order chi connectivity index (χ1) is 1.41. The summed E-state index contributed by atoms with van der Waals surface area (Å²) < 4.78 is 0. The van der Waals surface area contributed by atoms with Gasteiger partial charge in [-0.3, -0.25) is 0 Å². The van der Waals surface area contributed by atoms with Crippen LogP contribution in [0, 0.1) is 4.91 Å². The van der Waals surface area contributed by atoms with Gasteiger partial charge in [-0.1, -0.05) is 0 Å². The summed E-state index contributed by atoms with van der Waals surface area (Å²) in [6.45, 7) is 0. The van der Waals surface area contributed by atoms with E-state index in [0.717, 1.165) is 0 Å². The third-order valence-electron chi connectivity index (χ3n) is 0. The van der Waals surface area contributed by atoms with Gasteiger partial charge in [-0.05, 0) is 0 Å². The van der Waals surface area contributed by atoms with Crippen LogP contribution in [0.1, 0.15) is 0 Å². The van der Waals surface area contributed by atoms with Gasteiger partial charge in [0.15, 0.2) is 5.34 Å². The Bertz CT molecular complexity index is 17.1. The van der Waals surface area contributed by atoms with Crippen LogP contribution in [0.15, 0.2) is 5.34 Å². The molecule has 5 heteroatoms. The predicted octanol–water partition coefficient (Wildman–Crippen LogP) is -0.241. The minimum Gasteiger partial charge on any atom is -0.379 e. The summed E-state index contributed by atoms with van der Waals surface area (Å²) in [7, 11) is 0. The van der Waals surface area contributed by atoms with Gasteiger partial charge in [0.05, 0.1) is 0 Å². The Morgan fingerprint density at radius 3 is 1.60 bits per heavy atom. The van der Waals surface area contributed by atoms with Crippen LogP contribution in [-0.2, 0) is 16.8 Å². The molecule has 30 valence electrons. The van der Waals surface area contributed by atoms with Gasteiger partial charge in [0.25, 0.3) is 0 Å². The molecule has 1 N–H and O–H groups in total. The molecule has 0 aromatic heterocycles. The monoisotopic (exact) mass is 133 g/mol. The van der Waals surface area contributed by atoms with Crippen molar-refractivity contribution in [1.82, 2.24) is 0 Å². The van der Waals surface area contributed by atoms with Crippen molar-refractivity contribution < 1.29 is 22.0 Å². The van der Waals surface area contributed by atoms with E-state index in [0.29, 0.717) is 0 Å². The minimum atomic E-state index is 0. The maximum absolute atomic E-state index is 8.11. The molecule has 0 aromatic carbocycles. The van der Waals surface area contributed by atoms with Crippen molar-refractivity contribution in [2.75, 3.05) is 0 Å². The van der Waals surface area contributed by atoms with E-state index in [-0.39, 0.29) is 34.1 Å². The van der Waals surface area contributed by atoms with E-state index in [2.05, 4.69) is 0 Å². The third-order valence-corrected chi connectivity index (χ3v) is 0. The Balaban J connectivity index is -0.0000000200. The van der Waals surface area contributed by atoms with Gasteiger partial charge < -0.3 is 5.21 Å². The Kier molecular flexibility index (Phi) is 91.4. The van der Waals surface area contributed by atoms with Gasteiger partial charge in [-0.15, -0.1) is 4.91 Å². The van der Waals surface area contributed by atoms with Crippen molar-refractivity contribution in [2.45, 2.75) is 0 Å². The molecule has 0 bridgehead atoms. The zero-order valence-corrected chi connectivity index (χ0v) is 4.41. The molecule has 0 heterocycles. The minimum absolute atomic E-state index is 0. The van der Waals surface area contributed by atoms with Crippen molar-refractivity contribution in [3.63, 3.8) is 0 Å². The van der Waals surface area contributed by atoms with Crippen molar-refractivity contribution in [3.05, 3.63) is 4.91 Å². The van der Waals surface area contributed by atoms with E-state index in [9.17, 15) is 0 Å². The summed E-state index contributed by atoms with van der Waals surface area (Å²) in [4.78, 5) is 8.11. The first-order valence-electron chi connectivity index (χ1n) is 0.383. The molecule has 0 aliphatic heterocycles. The average molecular weight is 133 g/mol. The summed E-state index contributed by atoms with van der Waals surface area (Å²) >= 11 is 0. The van der Waals surface area contributed by atoms with Crippen LogP contribution in [-0.4, -0.2) is 22.6 Å². The van der Waals surface area contributed by atoms with Crippen LogP contribution in [0.3, 0.4) is 0 Å². The molecule has 0 amide bonds. The first-order valence-corrected chi connectivity index (χ1v) is 0.383. The molecule has 0 spiro atoms. The molecule has 4 radical (unpaired) electrons. The molecule has 0 fully saturated rings. The van der Waals surface area contributed by atoms with Gasteiger partial charge in [-0.25, -0.2) is 0 Å². The number of hydrogen-bond donors (Lipinski definition) is 1. The zero-order valence-electron chi connectivity index (χ0n) is 2.21. The molecule has 0 unspecified atom stereocenters. The topological polar surface area (TPSA) is 49.7 Å². The fourth-order valence-corrected chi connectivity index (χ4v) is 0. The van der Waals surface area contributed by atoms with E-state index in [1.54, 1.807) is 0 Å². The largest absolute Gasteiger partial charge is 0.379 e. The van der Waals surface area contributed by atoms with Gasteiger partial charge >= 0.3 is 0 Å². The second-order valence-electron chi connectivity index (χ2n) is 0.0816. The van der Waals surface area contributed by atoms with Crippen LogP contribution in [0.2, 0.25) is 0 Å². The molecule has 5 heavy (non-hydrogen) atoms. The molecule has 0 rings (SSSR count). The van der Waals surface area contributed by atoms with E-state index in [1.165, 1.54) is 5.34 Å². The second-order valence-corrected chi connectivity index (χ2v) is 0.0816. The van der Waals surface area contributed by atoms with Crippen LogP contribution in [0.5, 0.6) is 0 Å². The Hall–Kier alpha value is 0.439. The van der Waals surface area contributed by atoms with E-state index < -0.39 is 0 Å². The SMILES string of the molecule is O=NO.[Al].[Co]. The summed E-state index contributed by atoms with van der Waals surface area (Å²) in [6, 6.07) is 0. The first kappa shape index (κ1) is 18.0. The Morgan fingerprint density at radius 2 is 1.60 bits per heavy atom. The Labute approximate surface area is 50.0 Å². The fourth-order valence-electron chi connectivity index (χ4n) is 0. The van der Waals surface area contributed by atoms with E-state index >= 15 is 0 Å². The van der Waals surface area contributed by atoms with Crippen molar-refractivity contribution in [2.24, 2.45) is 5.34 Å². The quantitative estimate of drug-likeness (QED) is 0.281. The van der Waals surface area contributed by atoms with Gasteiger partial charge in [0, 0.05) is 34.1 Å². The molecule has 0 saturated heterocycles. The summed E-state index contributed by atoms with van der Waals surface area (Å²) in [6.07, 6.45) is 0. The van der Waals surface area contributed by atoms with Crippen LogP contribution < -0.4 is 0 Å². The molecule has 0 aromatic rings. The maximum atomic E-state index is 8.11. The van der Waals surface area contributed by atoms with Crippen molar-refractivity contribution >= 4 is 17.4 Å². The predicted molar refractivity (Wildman–Crippen MR) is 13.3 cm³/mol. The molecule has 0 atom stereocenters. The second kappa shape index (κ2) is 25.4. The standard InChI is InChI=1S/Al.Co.HNO2/c;;2-1-3/h;;(H,2,3). The fraction of sp³-hybridized carbons (Fsp3) is 0. The van der Waals surface area contributed by atoms with Gasteiger partial charge in [-0.2, -0.15) is 0 Å². The zero-order chi connectivity index (χ0) is 2.71. The van der Waals surface area contributed by atoms with Crippen LogP contribution >= 0.6 is 0 Å². The Morgan fingerprint density at radius 1 is 1.60 bits per heavy atom. The summed E-state index contributed by atoms with van der Waals surface area (Å²) in [5.41, 5.74) is 0. The average Bonchev–Trinajstić information content (AvgIpc) is 0.918. The smallest absolute Gasteiger partial charge is 0.152 e. The van der Waals surface area contributed by atoms with Crippen molar-refractivity contribution in [1.29, 1.82) is 0 Å². The molecule has 0 saturated carbocycles. The maximum Gasteiger partial charge on any atom is 0.152 e. The molecule has 0 aliphatic carbocycles. The third kappa shape index (κ3) is 137. The van der Waals surface area contributed by atoms with Crippen molar-refractivity contribution in [3.8, 4) is 0 Å². The van der Waals surface area contributed by atoms with Crippen LogP contribution in [0.25, 0.3) is 0 Å².